The molecule has 1 unspecified atom stereocenters. The summed E-state index contributed by atoms with van der Waals surface area (Å²) in [5, 5.41) is 0. The average Bonchev–Trinajstić information content (AvgIpc) is 3.12. The summed E-state index contributed by atoms with van der Waals surface area (Å²) < 4.78 is 20.5. The Kier molecular flexibility index (Phi) is 6.43. The molecule has 0 saturated heterocycles. The van der Waals surface area contributed by atoms with Gasteiger partial charge in [0.1, 0.15) is 5.82 Å². The first-order valence-electron chi connectivity index (χ1n) is 9.78. The fourth-order valence-corrected chi connectivity index (χ4v) is 3.63. The smallest absolute Gasteiger partial charge is 0.314 e. The van der Waals surface area contributed by atoms with Crippen LogP contribution in [0.25, 0.3) is 0 Å². The minimum atomic E-state index is -0.370. The minimum absolute atomic E-state index is 0.158. The highest BCUT2D eigenvalue weighted by Crippen LogP contribution is 2.31. The third-order valence-corrected chi connectivity index (χ3v) is 5.11. The summed E-state index contributed by atoms with van der Waals surface area (Å²) in [6.45, 7) is 3.30. The largest absolute Gasteiger partial charge is 0.465 e. The van der Waals surface area contributed by atoms with E-state index in [0.717, 1.165) is 44.2 Å². The lowest BCUT2D eigenvalue weighted by atomic mass is 9.96. The Morgan fingerprint density at radius 1 is 1.11 bits per heavy atom. The molecular weight excluding hydrogens is 345 g/mol. The second kappa shape index (κ2) is 8.98. The molecule has 27 heavy (non-hydrogen) atoms. The van der Waals surface area contributed by atoms with E-state index in [4.69, 9.17) is 4.74 Å². The first-order chi connectivity index (χ1) is 13.1. The number of ether oxygens (including phenoxy) is 1. The van der Waals surface area contributed by atoms with Crippen molar-refractivity contribution in [2.45, 2.75) is 57.9 Å². The number of carbonyl (C=O) groups excluding carboxylic acids is 2. The molecule has 4 nitrogen and oxygen atoms in total. The van der Waals surface area contributed by atoms with Crippen LogP contribution in [0.2, 0.25) is 0 Å². The van der Waals surface area contributed by atoms with Crippen molar-refractivity contribution < 1.29 is 18.7 Å². The molecule has 1 aliphatic heterocycles. The van der Waals surface area contributed by atoms with Crippen molar-refractivity contribution in [1.29, 1.82) is 0 Å². The third kappa shape index (κ3) is 4.46. The molecule has 1 atom stereocenters. The Bertz CT molecular complexity index is 794. The topological polar surface area (TPSA) is 48.3 Å². The number of benzene rings is 1. The van der Waals surface area contributed by atoms with Crippen LogP contribution in [0, 0.1) is 5.82 Å². The van der Waals surface area contributed by atoms with Gasteiger partial charge in [0.15, 0.2) is 0 Å². The van der Waals surface area contributed by atoms with Crippen LogP contribution >= 0.6 is 0 Å². The van der Waals surface area contributed by atoms with Crippen molar-refractivity contribution >= 4 is 11.8 Å². The standard InChI is InChI=1S/C22H26FNO3/c1-2-3-4-5-15-27-22(26)18-7-6-14-24-19(18)12-13-20(24)21(25)16-8-10-17(23)11-9-16/h8-13,18H,2-7,14-15H2,1H3. The van der Waals surface area contributed by atoms with Crippen LogP contribution in [-0.2, 0) is 16.1 Å². The lowest BCUT2D eigenvalue weighted by molar-refractivity contribution is -0.146. The Balaban J connectivity index is 1.71. The Morgan fingerprint density at radius 3 is 2.63 bits per heavy atom. The molecule has 0 saturated carbocycles. The second-order valence-electron chi connectivity index (χ2n) is 7.05. The van der Waals surface area contributed by atoms with Gasteiger partial charge >= 0.3 is 5.97 Å². The summed E-state index contributed by atoms with van der Waals surface area (Å²) in [6, 6.07) is 9.15. The number of unbranched alkanes of at least 4 members (excludes halogenated alkanes) is 3. The van der Waals surface area contributed by atoms with Gasteiger partial charge in [-0.05, 0) is 55.7 Å². The van der Waals surface area contributed by atoms with Gasteiger partial charge in [0.2, 0.25) is 5.78 Å². The van der Waals surface area contributed by atoms with Crippen LogP contribution < -0.4 is 0 Å². The van der Waals surface area contributed by atoms with Crippen molar-refractivity contribution in [3.63, 3.8) is 0 Å². The van der Waals surface area contributed by atoms with E-state index in [1.807, 2.05) is 10.6 Å². The number of carbonyl (C=O) groups is 2. The maximum Gasteiger partial charge on any atom is 0.314 e. The van der Waals surface area contributed by atoms with Crippen LogP contribution in [0.1, 0.15) is 73.1 Å². The third-order valence-electron chi connectivity index (χ3n) is 5.11. The lowest BCUT2D eigenvalue weighted by Crippen LogP contribution is -2.25. The number of halogens is 1. The predicted molar refractivity (Wildman–Crippen MR) is 101 cm³/mol. The van der Waals surface area contributed by atoms with Gasteiger partial charge in [-0.25, -0.2) is 4.39 Å². The molecule has 2 heterocycles. The summed E-state index contributed by atoms with van der Waals surface area (Å²) in [7, 11) is 0. The van der Waals surface area contributed by atoms with Crippen LogP contribution in [-0.4, -0.2) is 22.9 Å². The maximum atomic E-state index is 13.1. The zero-order valence-electron chi connectivity index (χ0n) is 15.7. The monoisotopic (exact) mass is 371 g/mol. The Labute approximate surface area is 159 Å². The number of nitrogens with zero attached hydrogens (tertiary/aromatic N) is 1. The molecule has 0 bridgehead atoms. The summed E-state index contributed by atoms with van der Waals surface area (Å²) >= 11 is 0. The number of hydrogen-bond acceptors (Lipinski definition) is 3. The summed E-state index contributed by atoms with van der Waals surface area (Å²) in [5.41, 5.74) is 1.82. The highest BCUT2D eigenvalue weighted by molar-refractivity contribution is 6.08. The molecule has 1 aliphatic rings. The van der Waals surface area contributed by atoms with E-state index >= 15 is 0 Å². The van der Waals surface area contributed by atoms with Crippen molar-refractivity contribution in [1.82, 2.24) is 4.57 Å². The van der Waals surface area contributed by atoms with Crippen LogP contribution in [0.5, 0.6) is 0 Å². The zero-order valence-corrected chi connectivity index (χ0v) is 15.7. The summed E-state index contributed by atoms with van der Waals surface area (Å²) in [6.07, 6.45) is 5.82. The van der Waals surface area contributed by atoms with Gasteiger partial charge in [-0.3, -0.25) is 9.59 Å². The molecule has 2 aromatic rings. The second-order valence-corrected chi connectivity index (χ2v) is 7.05. The molecule has 0 fully saturated rings. The molecule has 1 aromatic carbocycles. The molecule has 3 rings (SSSR count). The summed E-state index contributed by atoms with van der Waals surface area (Å²) in [5.74, 6) is -1.05. The van der Waals surface area contributed by atoms with Crippen molar-refractivity contribution in [3.8, 4) is 0 Å². The SMILES string of the molecule is CCCCCCOC(=O)C1CCCn2c(C(=O)c3ccc(F)cc3)ccc21. The molecule has 0 amide bonds. The van der Waals surface area contributed by atoms with E-state index in [0.29, 0.717) is 24.4 Å². The van der Waals surface area contributed by atoms with Crippen molar-refractivity contribution in [3.05, 3.63) is 59.2 Å². The first kappa shape index (κ1) is 19.3. The average molecular weight is 371 g/mol. The zero-order chi connectivity index (χ0) is 19.2. The molecule has 0 aliphatic carbocycles. The van der Waals surface area contributed by atoms with Gasteiger partial charge in [0, 0.05) is 17.8 Å². The number of ketones is 1. The molecule has 1 aromatic heterocycles. The fourth-order valence-electron chi connectivity index (χ4n) is 3.63. The molecule has 144 valence electrons. The lowest BCUT2D eigenvalue weighted by Gasteiger charge is -2.24. The van der Waals surface area contributed by atoms with E-state index in [1.54, 1.807) is 6.07 Å². The van der Waals surface area contributed by atoms with E-state index < -0.39 is 0 Å². The quantitative estimate of drug-likeness (QED) is 0.378. The molecule has 0 radical (unpaired) electrons. The predicted octanol–water partition coefficient (Wildman–Crippen LogP) is 4.86. The van der Waals surface area contributed by atoms with Gasteiger partial charge in [-0.15, -0.1) is 0 Å². The van der Waals surface area contributed by atoms with Crippen LogP contribution in [0.15, 0.2) is 36.4 Å². The van der Waals surface area contributed by atoms with Gasteiger partial charge in [0.05, 0.1) is 18.2 Å². The molecule has 5 heteroatoms. The number of fused-ring (bicyclic) bond motifs is 1. The number of aromatic nitrogens is 1. The van der Waals surface area contributed by atoms with Gasteiger partial charge in [-0.1, -0.05) is 26.2 Å². The molecule has 0 spiro atoms. The summed E-state index contributed by atoms with van der Waals surface area (Å²) in [4.78, 5) is 25.3. The Morgan fingerprint density at radius 2 is 1.89 bits per heavy atom. The van der Waals surface area contributed by atoms with Crippen LogP contribution in [0.4, 0.5) is 4.39 Å². The van der Waals surface area contributed by atoms with E-state index in [9.17, 15) is 14.0 Å². The highest BCUT2D eigenvalue weighted by atomic mass is 19.1. The van der Waals surface area contributed by atoms with E-state index in [1.165, 1.54) is 24.3 Å². The van der Waals surface area contributed by atoms with E-state index in [-0.39, 0.29) is 23.5 Å². The Hall–Kier alpha value is -2.43. The normalized spacial score (nSPS) is 16.0. The highest BCUT2D eigenvalue weighted by Gasteiger charge is 2.30. The number of esters is 1. The molecule has 0 N–H and O–H groups in total. The minimum Gasteiger partial charge on any atom is -0.465 e. The fraction of sp³-hybridized carbons (Fsp3) is 0.455. The molecular formula is C22H26FNO3. The van der Waals surface area contributed by atoms with Crippen molar-refractivity contribution in [2.24, 2.45) is 0 Å². The van der Waals surface area contributed by atoms with Gasteiger partial charge in [-0.2, -0.15) is 0 Å². The van der Waals surface area contributed by atoms with E-state index in [2.05, 4.69) is 6.92 Å². The van der Waals surface area contributed by atoms with Crippen LogP contribution in [0.3, 0.4) is 0 Å². The first-order valence-corrected chi connectivity index (χ1v) is 9.78. The van der Waals surface area contributed by atoms with Crippen molar-refractivity contribution in [2.75, 3.05) is 6.61 Å². The number of hydrogen-bond donors (Lipinski definition) is 0. The number of rotatable bonds is 8. The maximum absolute atomic E-state index is 13.1. The van der Waals surface area contributed by atoms with Gasteiger partial charge in [0.25, 0.3) is 0 Å². The van der Waals surface area contributed by atoms with Gasteiger partial charge < -0.3 is 9.30 Å².